The van der Waals surface area contributed by atoms with Crippen LogP contribution >= 0.6 is 0 Å². The van der Waals surface area contributed by atoms with Gasteiger partial charge in [0.05, 0.1) is 0 Å². The predicted molar refractivity (Wildman–Crippen MR) is 79.4 cm³/mol. The van der Waals surface area contributed by atoms with Gasteiger partial charge in [-0.25, -0.2) is 8.78 Å². The van der Waals surface area contributed by atoms with Gasteiger partial charge in [0.25, 0.3) is 5.91 Å². The monoisotopic (exact) mass is 305 g/mol. The molecule has 0 saturated carbocycles. The van der Waals surface area contributed by atoms with Gasteiger partial charge >= 0.3 is 0 Å². The summed E-state index contributed by atoms with van der Waals surface area (Å²) >= 11 is 0. The van der Waals surface area contributed by atoms with E-state index in [4.69, 9.17) is 4.74 Å². The highest BCUT2D eigenvalue weighted by Gasteiger charge is 2.18. The number of rotatable bonds is 6. The molecule has 0 radical (unpaired) electrons. The van der Waals surface area contributed by atoms with E-state index < -0.39 is 6.10 Å². The summed E-state index contributed by atoms with van der Waals surface area (Å²) in [7, 11) is 0. The van der Waals surface area contributed by atoms with Crippen molar-refractivity contribution in [2.45, 2.75) is 26.0 Å². The zero-order valence-electron chi connectivity index (χ0n) is 12.2. The highest BCUT2D eigenvalue weighted by Crippen LogP contribution is 2.14. The summed E-state index contributed by atoms with van der Waals surface area (Å²) in [5, 5.41) is 2.64. The van der Waals surface area contributed by atoms with Crippen molar-refractivity contribution in [1.29, 1.82) is 0 Å². The van der Waals surface area contributed by atoms with Crippen molar-refractivity contribution in [2.75, 3.05) is 0 Å². The summed E-state index contributed by atoms with van der Waals surface area (Å²) in [4.78, 5) is 12.1. The van der Waals surface area contributed by atoms with E-state index in [-0.39, 0.29) is 24.1 Å². The lowest BCUT2D eigenvalue weighted by molar-refractivity contribution is -0.128. The molecule has 1 unspecified atom stereocenters. The van der Waals surface area contributed by atoms with Crippen molar-refractivity contribution in [1.82, 2.24) is 5.32 Å². The number of carbonyl (C=O) groups is 1. The maximum atomic E-state index is 13.5. The van der Waals surface area contributed by atoms with Gasteiger partial charge in [0.15, 0.2) is 6.10 Å². The summed E-state index contributed by atoms with van der Waals surface area (Å²) < 4.78 is 31.9. The number of amides is 1. The molecule has 0 bridgehead atoms. The topological polar surface area (TPSA) is 38.3 Å². The quantitative estimate of drug-likeness (QED) is 0.888. The van der Waals surface area contributed by atoms with E-state index in [9.17, 15) is 13.6 Å². The lowest BCUT2D eigenvalue weighted by atomic mass is 10.2. The molecule has 2 aromatic carbocycles. The summed E-state index contributed by atoms with van der Waals surface area (Å²) in [5.41, 5.74) is 0.410. The molecule has 1 amide bonds. The van der Waals surface area contributed by atoms with Gasteiger partial charge in [-0.1, -0.05) is 25.1 Å². The second-order valence-corrected chi connectivity index (χ2v) is 4.78. The molecule has 2 rings (SSSR count). The Hall–Kier alpha value is -2.43. The van der Waals surface area contributed by atoms with Crippen LogP contribution in [0, 0.1) is 11.6 Å². The van der Waals surface area contributed by atoms with Crippen LogP contribution < -0.4 is 10.1 Å². The summed E-state index contributed by atoms with van der Waals surface area (Å²) in [6.07, 6.45) is -0.266. The highest BCUT2D eigenvalue weighted by atomic mass is 19.1. The molecular formula is C17H17F2NO2. The molecule has 5 heteroatoms. The smallest absolute Gasteiger partial charge is 0.261 e. The molecule has 3 nitrogen and oxygen atoms in total. The zero-order chi connectivity index (χ0) is 15.9. The Morgan fingerprint density at radius 1 is 1.14 bits per heavy atom. The SMILES string of the molecule is CCC(Oc1ccc(F)cc1)C(=O)NCc1ccccc1F. The molecule has 116 valence electrons. The summed E-state index contributed by atoms with van der Waals surface area (Å²) in [5.74, 6) is -0.663. The Balaban J connectivity index is 1.94. The molecule has 0 spiro atoms. The van der Waals surface area contributed by atoms with Crippen molar-refractivity contribution in [3.05, 3.63) is 65.7 Å². The van der Waals surface area contributed by atoms with Crippen LogP contribution in [0.4, 0.5) is 8.78 Å². The summed E-state index contributed by atoms with van der Waals surface area (Å²) in [6.45, 7) is 1.89. The first-order valence-electron chi connectivity index (χ1n) is 7.03. The fraction of sp³-hybridized carbons (Fsp3) is 0.235. The second kappa shape index (κ2) is 7.54. The molecule has 22 heavy (non-hydrogen) atoms. The van der Waals surface area contributed by atoms with E-state index in [0.717, 1.165) is 0 Å². The average molecular weight is 305 g/mol. The van der Waals surface area contributed by atoms with Gasteiger partial charge in [0.2, 0.25) is 0 Å². The van der Waals surface area contributed by atoms with E-state index in [0.29, 0.717) is 17.7 Å². The van der Waals surface area contributed by atoms with Crippen LogP contribution in [-0.4, -0.2) is 12.0 Å². The minimum Gasteiger partial charge on any atom is -0.481 e. The van der Waals surface area contributed by atoms with Crippen molar-refractivity contribution in [3.63, 3.8) is 0 Å². The number of benzene rings is 2. The lowest BCUT2D eigenvalue weighted by Gasteiger charge is -2.17. The van der Waals surface area contributed by atoms with Crippen molar-refractivity contribution >= 4 is 5.91 Å². The van der Waals surface area contributed by atoms with Gasteiger partial charge in [-0.05, 0) is 36.8 Å². The maximum absolute atomic E-state index is 13.5. The molecule has 1 atom stereocenters. The van der Waals surface area contributed by atoms with E-state index in [1.54, 1.807) is 25.1 Å². The first-order chi connectivity index (χ1) is 10.6. The maximum Gasteiger partial charge on any atom is 0.261 e. The lowest BCUT2D eigenvalue weighted by Crippen LogP contribution is -2.37. The Morgan fingerprint density at radius 2 is 1.82 bits per heavy atom. The van der Waals surface area contributed by atoms with Crippen molar-refractivity contribution < 1.29 is 18.3 Å². The molecule has 0 aliphatic carbocycles. The summed E-state index contributed by atoms with van der Waals surface area (Å²) in [6, 6.07) is 11.7. The van der Waals surface area contributed by atoms with Crippen LogP contribution in [0.5, 0.6) is 5.75 Å². The van der Waals surface area contributed by atoms with Gasteiger partial charge in [-0.2, -0.15) is 0 Å². The molecular weight excluding hydrogens is 288 g/mol. The van der Waals surface area contributed by atoms with Crippen LogP contribution in [0.1, 0.15) is 18.9 Å². The van der Waals surface area contributed by atoms with Crippen LogP contribution in [0.25, 0.3) is 0 Å². The third-order valence-corrected chi connectivity index (χ3v) is 3.17. The van der Waals surface area contributed by atoms with Gasteiger partial charge in [0, 0.05) is 12.1 Å². The molecule has 0 heterocycles. The van der Waals surface area contributed by atoms with Crippen LogP contribution in [-0.2, 0) is 11.3 Å². The molecule has 0 fully saturated rings. The predicted octanol–water partition coefficient (Wildman–Crippen LogP) is 3.44. The number of nitrogens with one attached hydrogen (secondary N) is 1. The number of hydrogen-bond donors (Lipinski definition) is 1. The van der Waals surface area contributed by atoms with Crippen molar-refractivity contribution in [2.24, 2.45) is 0 Å². The number of carbonyl (C=O) groups excluding carboxylic acids is 1. The van der Waals surface area contributed by atoms with Gasteiger partial charge < -0.3 is 10.1 Å². The normalized spacial score (nSPS) is 11.8. The van der Waals surface area contributed by atoms with Crippen molar-refractivity contribution in [3.8, 4) is 5.75 Å². The fourth-order valence-electron chi connectivity index (χ4n) is 1.94. The Labute approximate surface area is 127 Å². The minimum absolute atomic E-state index is 0.0920. The highest BCUT2D eigenvalue weighted by molar-refractivity contribution is 5.81. The standard InChI is InChI=1S/C17H17F2NO2/c1-2-16(22-14-9-7-13(18)8-10-14)17(21)20-11-12-5-3-4-6-15(12)19/h3-10,16H,2,11H2,1H3,(H,20,21). The third kappa shape index (κ3) is 4.28. The Morgan fingerprint density at radius 3 is 2.45 bits per heavy atom. The van der Waals surface area contributed by atoms with Gasteiger partial charge in [-0.15, -0.1) is 0 Å². The second-order valence-electron chi connectivity index (χ2n) is 4.78. The molecule has 1 N–H and O–H groups in total. The molecule has 0 aromatic heterocycles. The van der Waals surface area contributed by atoms with E-state index in [1.165, 1.54) is 30.3 Å². The number of hydrogen-bond acceptors (Lipinski definition) is 2. The van der Waals surface area contributed by atoms with E-state index in [1.807, 2.05) is 0 Å². The Bertz CT molecular complexity index is 629. The van der Waals surface area contributed by atoms with Gasteiger partial charge in [0.1, 0.15) is 17.4 Å². The minimum atomic E-state index is -0.711. The molecule has 0 aliphatic rings. The van der Waals surface area contributed by atoms with Gasteiger partial charge in [-0.3, -0.25) is 4.79 Å². The molecule has 2 aromatic rings. The third-order valence-electron chi connectivity index (χ3n) is 3.17. The van der Waals surface area contributed by atoms with Crippen LogP contribution in [0.3, 0.4) is 0 Å². The largest absolute Gasteiger partial charge is 0.481 e. The van der Waals surface area contributed by atoms with E-state index >= 15 is 0 Å². The number of halogens is 2. The zero-order valence-corrected chi connectivity index (χ0v) is 12.2. The first-order valence-corrected chi connectivity index (χ1v) is 7.03. The Kier molecular flexibility index (Phi) is 5.47. The van der Waals surface area contributed by atoms with Crippen LogP contribution in [0.2, 0.25) is 0 Å². The van der Waals surface area contributed by atoms with E-state index in [2.05, 4.69) is 5.32 Å². The number of ether oxygens (including phenoxy) is 1. The first kappa shape index (κ1) is 15.9. The fourth-order valence-corrected chi connectivity index (χ4v) is 1.94. The molecule has 0 aliphatic heterocycles. The van der Waals surface area contributed by atoms with Crippen LogP contribution in [0.15, 0.2) is 48.5 Å². The average Bonchev–Trinajstić information content (AvgIpc) is 2.53. The molecule has 0 saturated heterocycles.